The molecule has 8 heteroatoms. The van der Waals surface area contributed by atoms with E-state index < -0.39 is 17.3 Å². The predicted molar refractivity (Wildman–Crippen MR) is 120 cm³/mol. The Balaban J connectivity index is 2.38. The first-order chi connectivity index (χ1) is 12.2. The molecule has 3 aromatic carbocycles. The summed E-state index contributed by atoms with van der Waals surface area (Å²) in [5, 5.41) is 2.97. The molecule has 3 aromatic rings. The second kappa shape index (κ2) is 8.47. The summed E-state index contributed by atoms with van der Waals surface area (Å²) >= 11 is 33.4. The van der Waals surface area contributed by atoms with Crippen LogP contribution in [-0.2, 0) is 0 Å². The van der Waals surface area contributed by atoms with Gasteiger partial charge in [0.2, 0.25) is 0 Å². The molecule has 0 atom stereocenters. The summed E-state index contributed by atoms with van der Waals surface area (Å²) in [5.41, 5.74) is 0. The Morgan fingerprint density at radius 1 is 0.385 bits per heavy atom. The van der Waals surface area contributed by atoms with Gasteiger partial charge in [-0.1, -0.05) is 0 Å². The quantitative estimate of drug-likeness (QED) is 0.294. The van der Waals surface area contributed by atoms with Gasteiger partial charge in [0, 0.05) is 0 Å². The molecule has 0 aromatic heterocycles. The number of rotatable bonds is 3. The Bertz CT molecular complexity index is 801. The summed E-state index contributed by atoms with van der Waals surface area (Å²) in [5.74, 6) is 0. The van der Waals surface area contributed by atoms with E-state index in [9.17, 15) is 0 Å². The molecule has 3 rings (SSSR count). The summed E-state index contributed by atoms with van der Waals surface area (Å²) in [6.45, 7) is 0. The van der Waals surface area contributed by atoms with E-state index in [1.807, 2.05) is 36.4 Å². The molecule has 0 aliphatic rings. The Labute approximate surface area is 189 Å². The van der Waals surface area contributed by atoms with Crippen LogP contribution in [0.25, 0.3) is 0 Å². The topological polar surface area (TPSA) is 0 Å². The van der Waals surface area contributed by atoms with Crippen LogP contribution in [0.3, 0.4) is 0 Å². The van der Waals surface area contributed by atoms with Crippen LogP contribution in [0, 0.1) is 0 Å². The van der Waals surface area contributed by atoms with Gasteiger partial charge in [0.1, 0.15) is 0 Å². The average Bonchev–Trinajstić information content (AvgIpc) is 2.51. The van der Waals surface area contributed by atoms with Crippen molar-refractivity contribution >= 4 is 107 Å². The first-order valence-electron chi connectivity index (χ1n) is 7.27. The van der Waals surface area contributed by atoms with E-state index >= 15 is 0 Å². The Hall–Kier alpha value is 0.489. The molecule has 134 valence electrons. The molecule has 0 spiro atoms. The zero-order chi connectivity index (χ0) is 19.1. The van der Waals surface area contributed by atoms with Crippen molar-refractivity contribution in [2.75, 3.05) is 0 Å². The molecule has 0 aliphatic carbocycles. The third kappa shape index (κ3) is 4.55. The van der Waals surface area contributed by atoms with E-state index in [1.54, 1.807) is 18.2 Å². The van der Waals surface area contributed by atoms with E-state index in [0.717, 1.165) is 10.7 Å². The predicted octanol–water partition coefficient (Wildman–Crippen LogP) is 6.81. The van der Waals surface area contributed by atoms with Crippen LogP contribution in [0.2, 0.25) is 30.1 Å². The van der Waals surface area contributed by atoms with Gasteiger partial charge in [-0.15, -0.1) is 0 Å². The third-order valence-corrected chi connectivity index (χ3v) is 18.8. The van der Waals surface area contributed by atoms with Crippen molar-refractivity contribution in [2.45, 2.75) is 0 Å². The van der Waals surface area contributed by atoms with Crippen molar-refractivity contribution in [1.82, 2.24) is 0 Å². The standard InChI is InChI=1S/3C6H3Cl2.ClH.Sn/c3*7-5-2-1-3-6(8)4-5;;/h3*2-4H;1H;/q;;;;+1/p-1. The van der Waals surface area contributed by atoms with Gasteiger partial charge in [-0.2, -0.15) is 0 Å². The van der Waals surface area contributed by atoms with Gasteiger partial charge in [0.25, 0.3) is 0 Å². The first-order valence-corrected chi connectivity index (χ1v) is 17.4. The fourth-order valence-electron chi connectivity index (χ4n) is 2.76. The van der Waals surface area contributed by atoms with Gasteiger partial charge in [0.05, 0.1) is 0 Å². The van der Waals surface area contributed by atoms with Gasteiger partial charge >= 0.3 is 191 Å². The number of benzene rings is 3. The number of hydrogen-bond donors (Lipinski definition) is 0. The minimum atomic E-state index is -4.07. The van der Waals surface area contributed by atoms with E-state index in [0.29, 0.717) is 30.1 Å². The van der Waals surface area contributed by atoms with Crippen molar-refractivity contribution < 1.29 is 0 Å². The molecule has 0 N–H and O–H groups in total. The van der Waals surface area contributed by atoms with Gasteiger partial charge in [-0.3, -0.25) is 0 Å². The molecule has 0 heterocycles. The monoisotopic (exact) mass is 590 g/mol. The Morgan fingerprint density at radius 3 is 0.769 bits per heavy atom. The fraction of sp³-hybridized carbons (Fsp3) is 0. The molecule has 0 aliphatic heterocycles. The van der Waals surface area contributed by atoms with E-state index in [2.05, 4.69) is 0 Å². The minimum absolute atomic E-state index is 0.496. The first kappa shape index (κ1) is 21.2. The number of hydrogen-bond acceptors (Lipinski definition) is 0. The van der Waals surface area contributed by atoms with E-state index in [4.69, 9.17) is 78.5 Å². The van der Waals surface area contributed by atoms with Crippen molar-refractivity contribution in [3.05, 3.63) is 84.7 Å². The van der Waals surface area contributed by atoms with Crippen molar-refractivity contribution in [1.29, 1.82) is 0 Å². The molecule has 0 saturated carbocycles. The maximum atomic E-state index is 7.41. The molecule has 0 amide bonds. The average molecular weight is 592 g/mol. The zero-order valence-corrected chi connectivity index (χ0v) is 21.0. The summed E-state index contributed by atoms with van der Waals surface area (Å²) < 4.78 is 2.53. The van der Waals surface area contributed by atoms with Crippen LogP contribution in [-0.4, -0.2) is 17.3 Å². The summed E-state index contributed by atoms with van der Waals surface area (Å²) in [7, 11) is 7.41. The normalized spacial score (nSPS) is 11.7. The molecule has 26 heavy (non-hydrogen) atoms. The van der Waals surface area contributed by atoms with Gasteiger partial charge in [0.15, 0.2) is 0 Å². The summed E-state index contributed by atoms with van der Waals surface area (Å²) in [6, 6.07) is 15.9. The fourth-order valence-corrected chi connectivity index (χ4v) is 17.0. The van der Waals surface area contributed by atoms with Gasteiger partial charge in [-0.25, -0.2) is 0 Å². The van der Waals surface area contributed by atoms with E-state index in [-0.39, 0.29) is 0 Å². The number of halogens is 7. The van der Waals surface area contributed by atoms with Crippen LogP contribution in [0.15, 0.2) is 54.6 Å². The van der Waals surface area contributed by atoms with Gasteiger partial charge < -0.3 is 0 Å². The Kier molecular flexibility index (Phi) is 6.91. The van der Waals surface area contributed by atoms with Crippen molar-refractivity contribution in [2.24, 2.45) is 0 Å². The van der Waals surface area contributed by atoms with Crippen LogP contribution < -0.4 is 10.7 Å². The molecule has 0 nitrogen and oxygen atoms in total. The van der Waals surface area contributed by atoms with Crippen LogP contribution >= 0.6 is 78.5 Å². The molecular formula is C18H9Cl7Sn. The van der Waals surface area contributed by atoms with Gasteiger partial charge in [-0.05, 0) is 0 Å². The van der Waals surface area contributed by atoms with Crippen LogP contribution in [0.5, 0.6) is 0 Å². The second-order valence-electron chi connectivity index (χ2n) is 5.63. The molecule has 0 fully saturated rings. The summed E-state index contributed by atoms with van der Waals surface area (Å²) in [6.07, 6.45) is 0. The van der Waals surface area contributed by atoms with Crippen LogP contribution in [0.4, 0.5) is 0 Å². The summed E-state index contributed by atoms with van der Waals surface area (Å²) in [4.78, 5) is 0. The molecule has 0 unspecified atom stereocenters. The molecule has 0 bridgehead atoms. The maximum absolute atomic E-state index is 7.41. The van der Waals surface area contributed by atoms with Crippen molar-refractivity contribution in [3.63, 3.8) is 0 Å². The second-order valence-corrected chi connectivity index (χ2v) is 20.8. The molecule has 0 radical (unpaired) electrons. The molecule has 0 saturated heterocycles. The molecular weight excluding hydrogens is 583 g/mol. The van der Waals surface area contributed by atoms with Crippen LogP contribution in [0.1, 0.15) is 0 Å². The van der Waals surface area contributed by atoms with E-state index in [1.165, 1.54) is 0 Å². The zero-order valence-electron chi connectivity index (χ0n) is 12.8. The van der Waals surface area contributed by atoms with Crippen molar-refractivity contribution in [3.8, 4) is 0 Å². The third-order valence-electron chi connectivity index (χ3n) is 3.78. The Morgan fingerprint density at radius 2 is 0.577 bits per heavy atom. The SMILES string of the molecule is Clc1cc(Cl)c[c]([Sn]([Cl])([c]2cc(Cl)cc(Cl)c2)[c]2cc(Cl)cc(Cl)c2)c1.